The summed E-state index contributed by atoms with van der Waals surface area (Å²) in [5, 5.41) is 8.42. The SMILES string of the molecule is C=C(C=C(C)C(=O)O)C(=O)OC.[NaH].[NaH]. The molecular formula is C8H12Na2O4. The number of carbonyl (C=O) groups is 2. The Hall–Kier alpha value is 0.420. The topological polar surface area (TPSA) is 63.6 Å². The molecule has 0 saturated heterocycles. The average Bonchev–Trinajstić information content (AvgIpc) is 2.02. The molecule has 0 aromatic rings. The number of esters is 1. The number of ether oxygens (including phenoxy) is 1. The number of hydrogen-bond acceptors (Lipinski definition) is 3. The molecule has 0 amide bonds. The molecule has 0 aromatic carbocycles. The maximum atomic E-state index is 10.7. The van der Waals surface area contributed by atoms with Gasteiger partial charge in [0.05, 0.1) is 12.7 Å². The van der Waals surface area contributed by atoms with Gasteiger partial charge in [0.15, 0.2) is 0 Å². The third-order valence-corrected chi connectivity index (χ3v) is 1.18. The predicted octanol–water partition coefficient (Wildman–Crippen LogP) is -0.551. The Morgan fingerprint density at radius 3 is 2.07 bits per heavy atom. The van der Waals surface area contributed by atoms with E-state index in [9.17, 15) is 9.59 Å². The van der Waals surface area contributed by atoms with Crippen molar-refractivity contribution in [3.8, 4) is 0 Å². The number of rotatable bonds is 3. The molecule has 0 unspecified atom stereocenters. The van der Waals surface area contributed by atoms with Crippen molar-refractivity contribution in [1.29, 1.82) is 0 Å². The Bertz CT molecular complexity index is 258. The number of aliphatic carboxylic acids is 1. The van der Waals surface area contributed by atoms with Gasteiger partial charge >= 0.3 is 71.1 Å². The molecule has 0 atom stereocenters. The van der Waals surface area contributed by atoms with Crippen LogP contribution in [0.1, 0.15) is 6.92 Å². The Labute approximate surface area is 127 Å². The second kappa shape index (κ2) is 9.96. The van der Waals surface area contributed by atoms with E-state index in [-0.39, 0.29) is 70.3 Å². The van der Waals surface area contributed by atoms with E-state index in [4.69, 9.17) is 5.11 Å². The van der Waals surface area contributed by atoms with Crippen LogP contribution in [0.4, 0.5) is 0 Å². The summed E-state index contributed by atoms with van der Waals surface area (Å²) in [5.74, 6) is -1.71. The van der Waals surface area contributed by atoms with Crippen molar-refractivity contribution in [2.24, 2.45) is 0 Å². The molecule has 0 rings (SSSR count). The van der Waals surface area contributed by atoms with Crippen LogP contribution in [0.3, 0.4) is 0 Å². The van der Waals surface area contributed by atoms with Gasteiger partial charge in [-0.25, -0.2) is 9.59 Å². The first kappa shape index (κ1) is 19.9. The van der Waals surface area contributed by atoms with Crippen LogP contribution < -0.4 is 0 Å². The zero-order valence-corrected chi connectivity index (χ0v) is 6.96. The summed E-state index contributed by atoms with van der Waals surface area (Å²) in [6.45, 7) is 4.71. The molecule has 0 aliphatic rings. The minimum absolute atomic E-state index is 0. The fraction of sp³-hybridized carbons (Fsp3) is 0.250. The van der Waals surface area contributed by atoms with Crippen LogP contribution in [0.25, 0.3) is 0 Å². The molecule has 0 saturated carbocycles. The van der Waals surface area contributed by atoms with Gasteiger partial charge in [0.25, 0.3) is 0 Å². The Morgan fingerprint density at radius 1 is 1.36 bits per heavy atom. The van der Waals surface area contributed by atoms with Crippen molar-refractivity contribution in [3.05, 3.63) is 23.8 Å². The molecule has 4 nitrogen and oxygen atoms in total. The van der Waals surface area contributed by atoms with Crippen LogP contribution in [0, 0.1) is 0 Å². The number of hydrogen-bond donors (Lipinski definition) is 1. The average molecular weight is 218 g/mol. The fourth-order valence-electron chi connectivity index (χ4n) is 0.513. The summed E-state index contributed by atoms with van der Waals surface area (Å²) in [6, 6.07) is 0. The molecule has 6 heteroatoms. The molecule has 0 bridgehead atoms. The maximum absolute atomic E-state index is 10.7. The summed E-state index contributed by atoms with van der Waals surface area (Å²) in [6.07, 6.45) is 1.16. The van der Waals surface area contributed by atoms with E-state index in [1.165, 1.54) is 14.0 Å². The first-order valence-corrected chi connectivity index (χ1v) is 3.18. The summed E-state index contributed by atoms with van der Waals surface area (Å²) in [5.41, 5.74) is 0.0720. The third kappa shape index (κ3) is 7.79. The standard InChI is InChI=1S/C8H10O4.2Na.2H/c1-5(7(9)10)4-6(2)8(11)12-3;;;;/h4H,2H2,1,3H3,(H,9,10);;;;. The number of methoxy groups -OCH3 is 1. The molecule has 0 heterocycles. The molecule has 70 valence electrons. The first-order chi connectivity index (χ1) is 5.49. The van der Waals surface area contributed by atoms with Crippen molar-refractivity contribution < 1.29 is 19.4 Å². The zero-order valence-electron chi connectivity index (χ0n) is 6.96. The molecule has 0 fully saturated rings. The van der Waals surface area contributed by atoms with Gasteiger partial charge in [-0.05, 0) is 13.0 Å². The van der Waals surface area contributed by atoms with Gasteiger partial charge in [-0.3, -0.25) is 0 Å². The van der Waals surface area contributed by atoms with Crippen molar-refractivity contribution in [1.82, 2.24) is 0 Å². The van der Waals surface area contributed by atoms with Crippen molar-refractivity contribution in [3.63, 3.8) is 0 Å². The normalized spacial score (nSPS) is 9.14. The van der Waals surface area contributed by atoms with Gasteiger partial charge in [0, 0.05) is 5.57 Å². The monoisotopic (exact) mass is 218 g/mol. The summed E-state index contributed by atoms with van der Waals surface area (Å²) < 4.78 is 4.32. The van der Waals surface area contributed by atoms with Crippen molar-refractivity contribution in [2.75, 3.05) is 7.11 Å². The van der Waals surface area contributed by atoms with E-state index in [0.29, 0.717) is 0 Å². The second-order valence-electron chi connectivity index (χ2n) is 2.15. The van der Waals surface area contributed by atoms with E-state index in [2.05, 4.69) is 11.3 Å². The quantitative estimate of drug-likeness (QED) is 0.299. The van der Waals surface area contributed by atoms with E-state index in [1.54, 1.807) is 0 Å². The van der Waals surface area contributed by atoms with E-state index in [0.717, 1.165) is 6.08 Å². The van der Waals surface area contributed by atoms with Gasteiger partial charge in [0.2, 0.25) is 0 Å². The summed E-state index contributed by atoms with van der Waals surface area (Å²) in [4.78, 5) is 21.0. The van der Waals surface area contributed by atoms with Crippen LogP contribution in [-0.2, 0) is 14.3 Å². The van der Waals surface area contributed by atoms with Gasteiger partial charge < -0.3 is 9.84 Å². The molecule has 0 spiro atoms. The number of carbonyl (C=O) groups excluding carboxylic acids is 1. The van der Waals surface area contributed by atoms with Gasteiger partial charge in [-0.2, -0.15) is 0 Å². The first-order valence-electron chi connectivity index (χ1n) is 3.18. The fourth-order valence-corrected chi connectivity index (χ4v) is 0.513. The summed E-state index contributed by atoms with van der Waals surface area (Å²) >= 11 is 0. The van der Waals surface area contributed by atoms with Crippen molar-refractivity contribution in [2.45, 2.75) is 6.92 Å². The Kier molecular flexibility index (Phi) is 14.2. The van der Waals surface area contributed by atoms with Crippen LogP contribution in [0.5, 0.6) is 0 Å². The van der Waals surface area contributed by atoms with Crippen molar-refractivity contribution >= 4 is 71.1 Å². The summed E-state index contributed by atoms with van der Waals surface area (Å²) in [7, 11) is 1.21. The molecule has 0 aliphatic heterocycles. The van der Waals surface area contributed by atoms with Gasteiger partial charge in [-0.1, -0.05) is 6.58 Å². The second-order valence-corrected chi connectivity index (χ2v) is 2.15. The number of carboxylic acids is 1. The van der Waals surface area contributed by atoms with Gasteiger partial charge in [0.1, 0.15) is 0 Å². The van der Waals surface area contributed by atoms with E-state index >= 15 is 0 Å². The van der Waals surface area contributed by atoms with Crippen LogP contribution in [0.15, 0.2) is 23.8 Å². The van der Waals surface area contributed by atoms with E-state index in [1.807, 2.05) is 0 Å². The minimum atomic E-state index is -1.08. The Balaban J connectivity index is -0.000000605. The van der Waals surface area contributed by atoms with Crippen LogP contribution in [-0.4, -0.2) is 83.3 Å². The predicted molar refractivity (Wildman–Crippen MR) is 56.8 cm³/mol. The Morgan fingerprint density at radius 2 is 1.79 bits per heavy atom. The van der Waals surface area contributed by atoms with Crippen LogP contribution in [0.2, 0.25) is 0 Å². The number of carboxylic acid groups (broad SMARTS) is 1. The van der Waals surface area contributed by atoms with Gasteiger partial charge in [-0.15, -0.1) is 0 Å². The molecular weight excluding hydrogens is 206 g/mol. The molecule has 0 radical (unpaired) electrons. The van der Waals surface area contributed by atoms with Crippen LogP contribution >= 0.6 is 0 Å². The van der Waals surface area contributed by atoms with E-state index < -0.39 is 11.9 Å². The molecule has 0 aliphatic carbocycles. The third-order valence-electron chi connectivity index (χ3n) is 1.18. The zero-order chi connectivity index (χ0) is 9.72. The molecule has 0 aromatic heterocycles. The molecule has 1 N–H and O–H groups in total. The molecule has 14 heavy (non-hydrogen) atoms.